The molecule has 0 spiro atoms. The zero-order valence-electron chi connectivity index (χ0n) is 19.8. The molecule has 5 unspecified atom stereocenters. The summed E-state index contributed by atoms with van der Waals surface area (Å²) in [4.78, 5) is 2.32. The van der Waals surface area contributed by atoms with Gasteiger partial charge in [-0.05, 0) is 61.8 Å². The maximum absolute atomic E-state index is 6.43. The van der Waals surface area contributed by atoms with E-state index in [4.69, 9.17) is 14.2 Å². The molecule has 3 fully saturated rings. The van der Waals surface area contributed by atoms with Gasteiger partial charge in [-0.2, -0.15) is 0 Å². The standard InChI is InChI=1S/C22H41NO3.C2H6/c1-17(2)16-23(5)6-7-24-8-9-25-10-11-26-22-13-18(3)12-21(4)14-19(15-22)20(21)22;1-2/h17-20H,6-16H2,1-5H3;1-2H3. The van der Waals surface area contributed by atoms with E-state index in [1.807, 2.05) is 13.8 Å². The van der Waals surface area contributed by atoms with Crippen LogP contribution >= 0.6 is 0 Å². The minimum Gasteiger partial charge on any atom is -0.378 e. The van der Waals surface area contributed by atoms with Crippen LogP contribution in [0.1, 0.15) is 67.2 Å². The van der Waals surface area contributed by atoms with Crippen LogP contribution in [-0.2, 0) is 14.2 Å². The van der Waals surface area contributed by atoms with Crippen LogP contribution in [0.3, 0.4) is 0 Å². The van der Waals surface area contributed by atoms with Crippen molar-refractivity contribution in [3.63, 3.8) is 0 Å². The van der Waals surface area contributed by atoms with Crippen LogP contribution in [0.4, 0.5) is 0 Å². The maximum Gasteiger partial charge on any atom is 0.0724 e. The molecular weight excluding hydrogens is 350 g/mol. The van der Waals surface area contributed by atoms with Crippen molar-refractivity contribution >= 4 is 0 Å². The van der Waals surface area contributed by atoms with Crippen LogP contribution in [-0.4, -0.2) is 63.7 Å². The zero-order valence-corrected chi connectivity index (χ0v) is 19.8. The third kappa shape index (κ3) is 5.71. The Labute approximate surface area is 174 Å². The first-order chi connectivity index (χ1) is 13.3. The molecule has 3 rings (SSSR count). The second-order valence-corrected chi connectivity index (χ2v) is 10.1. The fourth-order valence-electron chi connectivity index (χ4n) is 6.56. The fraction of sp³-hybridized carbons (Fsp3) is 1.00. The summed E-state index contributed by atoms with van der Waals surface area (Å²) in [5.74, 6) is 3.30. The van der Waals surface area contributed by atoms with Crippen molar-refractivity contribution in [2.45, 2.75) is 72.8 Å². The summed E-state index contributed by atoms with van der Waals surface area (Å²) >= 11 is 0. The Morgan fingerprint density at radius 3 is 2.21 bits per heavy atom. The Hall–Kier alpha value is -0.160. The normalized spacial score (nSPS) is 35.7. The summed E-state index contributed by atoms with van der Waals surface area (Å²) in [6.07, 6.45) is 5.40. The first-order valence-electron chi connectivity index (χ1n) is 11.8. The number of likely N-dealkylation sites (N-methyl/N-ethyl adjacent to an activating group) is 1. The SMILES string of the molecule is CC.CC(C)CN(C)CCOCCOCCOC12CC(C)CC3(C)CC(C1)C32. The highest BCUT2D eigenvalue weighted by Gasteiger charge is 2.71. The summed E-state index contributed by atoms with van der Waals surface area (Å²) in [5.41, 5.74) is 0.758. The van der Waals surface area contributed by atoms with Gasteiger partial charge in [0.1, 0.15) is 0 Å². The van der Waals surface area contributed by atoms with Crippen molar-refractivity contribution < 1.29 is 14.2 Å². The molecule has 0 aliphatic heterocycles. The molecule has 0 aromatic rings. The lowest BCUT2D eigenvalue weighted by Crippen LogP contribution is -2.72. The maximum atomic E-state index is 6.43. The van der Waals surface area contributed by atoms with Gasteiger partial charge in [-0.1, -0.05) is 41.5 Å². The Morgan fingerprint density at radius 1 is 0.929 bits per heavy atom. The fourth-order valence-corrected chi connectivity index (χ4v) is 6.56. The number of ether oxygens (including phenoxy) is 3. The molecule has 0 amide bonds. The van der Waals surface area contributed by atoms with E-state index in [-0.39, 0.29) is 5.60 Å². The van der Waals surface area contributed by atoms with Gasteiger partial charge in [0.05, 0.1) is 38.6 Å². The molecule has 3 aliphatic carbocycles. The highest BCUT2D eigenvalue weighted by Crippen LogP contribution is 2.73. The van der Waals surface area contributed by atoms with Gasteiger partial charge >= 0.3 is 0 Å². The van der Waals surface area contributed by atoms with Gasteiger partial charge in [0.25, 0.3) is 0 Å². The Morgan fingerprint density at radius 2 is 1.57 bits per heavy atom. The number of nitrogens with zero attached hydrogens (tertiary/aromatic N) is 1. The molecule has 4 nitrogen and oxygen atoms in total. The van der Waals surface area contributed by atoms with Crippen molar-refractivity contribution in [1.29, 1.82) is 0 Å². The largest absolute Gasteiger partial charge is 0.378 e. The highest BCUT2D eigenvalue weighted by atomic mass is 16.6. The molecule has 0 heterocycles. The summed E-state index contributed by atoms with van der Waals surface area (Å²) in [7, 11) is 2.15. The zero-order chi connectivity index (χ0) is 20.8. The van der Waals surface area contributed by atoms with Gasteiger partial charge < -0.3 is 19.1 Å². The minimum absolute atomic E-state index is 0.191. The number of hydrogen-bond acceptors (Lipinski definition) is 4. The molecule has 28 heavy (non-hydrogen) atoms. The minimum atomic E-state index is 0.191. The van der Waals surface area contributed by atoms with E-state index in [2.05, 4.69) is 39.6 Å². The third-order valence-electron chi connectivity index (χ3n) is 6.92. The summed E-state index contributed by atoms with van der Waals surface area (Å²) in [6, 6.07) is 0. The molecule has 0 N–H and O–H groups in total. The molecular formula is C24H47NO3. The van der Waals surface area contributed by atoms with Gasteiger partial charge in [-0.3, -0.25) is 0 Å². The molecule has 0 aromatic carbocycles. The van der Waals surface area contributed by atoms with Gasteiger partial charge in [0, 0.05) is 13.1 Å². The van der Waals surface area contributed by atoms with E-state index in [1.54, 1.807) is 0 Å². The first-order valence-corrected chi connectivity index (χ1v) is 11.8. The number of hydrogen-bond donors (Lipinski definition) is 0. The molecule has 3 saturated carbocycles. The van der Waals surface area contributed by atoms with Gasteiger partial charge in [0.15, 0.2) is 0 Å². The van der Waals surface area contributed by atoms with E-state index in [1.165, 1.54) is 25.7 Å². The molecule has 0 radical (unpaired) electrons. The molecule has 0 saturated heterocycles. The Kier molecular flexibility index (Phi) is 9.25. The van der Waals surface area contributed by atoms with Crippen LogP contribution in [0.25, 0.3) is 0 Å². The molecule has 4 heteroatoms. The van der Waals surface area contributed by atoms with Crippen LogP contribution < -0.4 is 0 Å². The summed E-state index contributed by atoms with van der Waals surface area (Å²) in [5, 5.41) is 0. The van der Waals surface area contributed by atoms with Gasteiger partial charge in [-0.15, -0.1) is 0 Å². The van der Waals surface area contributed by atoms with Gasteiger partial charge in [0.2, 0.25) is 0 Å². The second kappa shape index (κ2) is 10.7. The lowest BCUT2D eigenvalue weighted by atomic mass is 9.34. The molecule has 5 atom stereocenters. The molecule has 0 aromatic heterocycles. The van der Waals surface area contributed by atoms with E-state index in [0.29, 0.717) is 31.2 Å². The lowest BCUT2D eigenvalue weighted by molar-refractivity contribution is -0.312. The Balaban J connectivity index is 0.00000136. The predicted octanol–water partition coefficient (Wildman–Crippen LogP) is 4.87. The topological polar surface area (TPSA) is 30.9 Å². The van der Waals surface area contributed by atoms with Crippen LogP contribution in [0, 0.1) is 29.1 Å². The smallest absolute Gasteiger partial charge is 0.0724 e. The van der Waals surface area contributed by atoms with Crippen molar-refractivity contribution in [3.05, 3.63) is 0 Å². The molecule has 3 aliphatic rings. The van der Waals surface area contributed by atoms with Crippen molar-refractivity contribution in [1.82, 2.24) is 4.90 Å². The van der Waals surface area contributed by atoms with Crippen LogP contribution in [0.2, 0.25) is 0 Å². The monoisotopic (exact) mass is 397 g/mol. The van der Waals surface area contributed by atoms with E-state index in [9.17, 15) is 0 Å². The summed E-state index contributed by atoms with van der Waals surface area (Å²) in [6.45, 7) is 19.1. The van der Waals surface area contributed by atoms with E-state index >= 15 is 0 Å². The quantitative estimate of drug-likeness (QED) is 0.440. The molecule has 166 valence electrons. The average Bonchev–Trinajstić information content (AvgIpc) is 2.58. The van der Waals surface area contributed by atoms with Gasteiger partial charge in [-0.25, -0.2) is 0 Å². The Bertz CT molecular complexity index is 457. The highest BCUT2D eigenvalue weighted by molar-refractivity contribution is 5.20. The van der Waals surface area contributed by atoms with Crippen molar-refractivity contribution in [2.24, 2.45) is 29.1 Å². The third-order valence-corrected chi connectivity index (χ3v) is 6.92. The second-order valence-electron chi connectivity index (χ2n) is 10.1. The first kappa shape index (κ1) is 24.1. The van der Waals surface area contributed by atoms with Crippen molar-refractivity contribution in [3.8, 4) is 0 Å². The molecule has 0 bridgehead atoms. The number of rotatable bonds is 12. The summed E-state index contributed by atoms with van der Waals surface area (Å²) < 4.78 is 17.8. The van der Waals surface area contributed by atoms with E-state index < -0.39 is 0 Å². The average molecular weight is 398 g/mol. The van der Waals surface area contributed by atoms with Crippen LogP contribution in [0.5, 0.6) is 0 Å². The predicted molar refractivity (Wildman–Crippen MR) is 117 cm³/mol. The van der Waals surface area contributed by atoms with Crippen LogP contribution in [0.15, 0.2) is 0 Å². The van der Waals surface area contributed by atoms with Crippen molar-refractivity contribution in [2.75, 3.05) is 53.2 Å². The lowest BCUT2D eigenvalue weighted by Gasteiger charge is -2.74. The van der Waals surface area contributed by atoms with E-state index in [0.717, 1.165) is 44.1 Å².